The predicted octanol–water partition coefficient (Wildman–Crippen LogP) is 2.29. The molecule has 0 aliphatic rings. The van der Waals surface area contributed by atoms with Crippen LogP contribution < -0.4 is 15.2 Å². The molecular weight excluding hydrogens is 264 g/mol. The van der Waals surface area contributed by atoms with Gasteiger partial charge in [-0.3, -0.25) is 0 Å². The van der Waals surface area contributed by atoms with E-state index in [-0.39, 0.29) is 0 Å². The van der Waals surface area contributed by atoms with Crippen molar-refractivity contribution in [2.45, 2.75) is 0 Å². The minimum Gasteiger partial charge on any atom is -0.493 e. The van der Waals surface area contributed by atoms with Crippen molar-refractivity contribution in [3.05, 3.63) is 17.6 Å². The third kappa shape index (κ3) is 1.88. The Morgan fingerprint density at radius 2 is 1.95 bits per heavy atom. The highest BCUT2D eigenvalue weighted by Crippen LogP contribution is 2.33. The van der Waals surface area contributed by atoms with Crippen molar-refractivity contribution in [1.29, 1.82) is 0 Å². The number of nitrogens with one attached hydrogen (secondary N) is 1. The number of aromatic nitrogens is 3. The summed E-state index contributed by atoms with van der Waals surface area (Å²) in [5.74, 6) is 1.93. The second-order valence-corrected chi connectivity index (χ2v) is 4.76. The number of nitrogens with two attached hydrogens (primary N) is 1. The van der Waals surface area contributed by atoms with E-state index in [0.29, 0.717) is 28.0 Å². The van der Waals surface area contributed by atoms with Crippen LogP contribution in [0.1, 0.15) is 0 Å². The van der Waals surface area contributed by atoms with E-state index in [4.69, 9.17) is 15.2 Å². The smallest absolute Gasteiger partial charge is 0.163 e. The Kier molecular flexibility index (Phi) is 2.75. The van der Waals surface area contributed by atoms with Crippen LogP contribution in [0.3, 0.4) is 0 Å². The van der Waals surface area contributed by atoms with E-state index in [9.17, 15) is 0 Å². The number of thiazole rings is 1. The average molecular weight is 276 g/mol. The normalized spacial score (nSPS) is 10.8. The van der Waals surface area contributed by atoms with Crippen molar-refractivity contribution in [1.82, 2.24) is 15.0 Å². The molecule has 1 aromatic carbocycles. The standard InChI is InChI=1S/C12H12N4O2S/c1-17-8-3-6-7(4-9(8)18-2)16-12(15-6)10-11(13)19-5-14-10/h3-5H,13H2,1-2H3,(H,15,16). The molecule has 0 radical (unpaired) electrons. The van der Waals surface area contributed by atoms with Crippen molar-refractivity contribution in [2.75, 3.05) is 20.0 Å². The molecule has 3 N–H and O–H groups in total. The number of H-pyrrole nitrogens is 1. The molecule has 0 spiro atoms. The number of rotatable bonds is 3. The van der Waals surface area contributed by atoms with Crippen LogP contribution in [-0.4, -0.2) is 29.2 Å². The molecule has 0 bridgehead atoms. The zero-order chi connectivity index (χ0) is 13.4. The molecule has 19 heavy (non-hydrogen) atoms. The van der Waals surface area contributed by atoms with Gasteiger partial charge in [0.15, 0.2) is 17.3 Å². The zero-order valence-corrected chi connectivity index (χ0v) is 11.2. The van der Waals surface area contributed by atoms with Crippen LogP contribution in [0.2, 0.25) is 0 Å². The van der Waals surface area contributed by atoms with Gasteiger partial charge in [-0.1, -0.05) is 0 Å². The third-order valence-electron chi connectivity index (χ3n) is 2.81. The number of imidazole rings is 1. The number of nitrogen functional groups attached to an aromatic ring is 1. The first kappa shape index (κ1) is 11.8. The molecule has 0 fully saturated rings. The molecule has 0 aliphatic carbocycles. The number of benzene rings is 1. The van der Waals surface area contributed by atoms with E-state index in [2.05, 4.69) is 15.0 Å². The lowest BCUT2D eigenvalue weighted by Gasteiger charge is -2.06. The molecule has 0 amide bonds. The van der Waals surface area contributed by atoms with Gasteiger partial charge in [0.2, 0.25) is 0 Å². The zero-order valence-electron chi connectivity index (χ0n) is 10.4. The Labute approximate surface area is 113 Å². The van der Waals surface area contributed by atoms with Crippen LogP contribution in [0.5, 0.6) is 11.5 Å². The van der Waals surface area contributed by atoms with Gasteiger partial charge in [0, 0.05) is 12.1 Å². The maximum atomic E-state index is 5.85. The molecule has 98 valence electrons. The van der Waals surface area contributed by atoms with E-state index >= 15 is 0 Å². The summed E-state index contributed by atoms with van der Waals surface area (Å²) in [6, 6.07) is 3.66. The van der Waals surface area contributed by atoms with Gasteiger partial charge in [0.05, 0.1) is 30.8 Å². The van der Waals surface area contributed by atoms with Gasteiger partial charge in [0.1, 0.15) is 10.7 Å². The first-order chi connectivity index (χ1) is 9.22. The number of fused-ring (bicyclic) bond motifs is 1. The summed E-state index contributed by atoms with van der Waals surface area (Å²) in [4.78, 5) is 11.9. The lowest BCUT2D eigenvalue weighted by molar-refractivity contribution is 0.356. The van der Waals surface area contributed by atoms with E-state index in [1.165, 1.54) is 11.3 Å². The highest BCUT2D eigenvalue weighted by Gasteiger charge is 2.13. The number of methoxy groups -OCH3 is 2. The second-order valence-electron chi connectivity index (χ2n) is 3.87. The lowest BCUT2D eigenvalue weighted by atomic mass is 10.3. The number of anilines is 1. The molecule has 2 heterocycles. The summed E-state index contributed by atoms with van der Waals surface area (Å²) >= 11 is 1.38. The largest absolute Gasteiger partial charge is 0.493 e. The quantitative estimate of drug-likeness (QED) is 0.766. The lowest BCUT2D eigenvalue weighted by Crippen LogP contribution is -1.89. The number of nitrogens with zero attached hydrogens (tertiary/aromatic N) is 2. The first-order valence-electron chi connectivity index (χ1n) is 5.54. The van der Waals surface area contributed by atoms with Gasteiger partial charge in [-0.2, -0.15) is 0 Å². The molecule has 7 heteroatoms. The predicted molar refractivity (Wildman–Crippen MR) is 74.7 cm³/mol. The van der Waals surface area contributed by atoms with E-state index in [1.54, 1.807) is 19.7 Å². The van der Waals surface area contributed by atoms with Crippen LogP contribution in [0, 0.1) is 0 Å². The molecule has 0 atom stereocenters. The minimum atomic E-state index is 0.637. The summed E-state index contributed by atoms with van der Waals surface area (Å²) in [5.41, 5.74) is 9.84. The van der Waals surface area contributed by atoms with Crippen LogP contribution in [0.25, 0.3) is 22.6 Å². The van der Waals surface area contributed by atoms with Crippen molar-refractivity contribution in [3.63, 3.8) is 0 Å². The summed E-state index contributed by atoms with van der Waals surface area (Å²) in [7, 11) is 3.19. The van der Waals surface area contributed by atoms with Gasteiger partial charge in [-0.05, 0) is 0 Å². The first-order valence-corrected chi connectivity index (χ1v) is 6.42. The molecule has 0 unspecified atom stereocenters. The van der Waals surface area contributed by atoms with Gasteiger partial charge in [-0.25, -0.2) is 9.97 Å². The van der Waals surface area contributed by atoms with Crippen LogP contribution in [0.15, 0.2) is 17.6 Å². The summed E-state index contributed by atoms with van der Waals surface area (Å²) in [6.07, 6.45) is 0. The van der Waals surface area contributed by atoms with Crippen molar-refractivity contribution >= 4 is 27.4 Å². The van der Waals surface area contributed by atoms with Gasteiger partial charge in [0.25, 0.3) is 0 Å². The van der Waals surface area contributed by atoms with Crippen molar-refractivity contribution < 1.29 is 9.47 Å². The molecule has 2 aromatic heterocycles. The Bertz CT molecular complexity index is 693. The van der Waals surface area contributed by atoms with Crippen molar-refractivity contribution in [2.24, 2.45) is 0 Å². The average Bonchev–Trinajstić information content (AvgIpc) is 3.01. The molecule has 6 nitrogen and oxygen atoms in total. The maximum Gasteiger partial charge on any atom is 0.163 e. The fourth-order valence-electron chi connectivity index (χ4n) is 1.88. The second kappa shape index (κ2) is 4.43. The summed E-state index contributed by atoms with van der Waals surface area (Å²) < 4.78 is 10.5. The molecule has 0 aliphatic heterocycles. The number of aromatic amines is 1. The molecule has 0 saturated carbocycles. The van der Waals surface area contributed by atoms with Gasteiger partial charge < -0.3 is 20.2 Å². The highest BCUT2D eigenvalue weighted by atomic mass is 32.1. The minimum absolute atomic E-state index is 0.637. The Balaban J connectivity index is 2.18. The third-order valence-corrected chi connectivity index (χ3v) is 3.46. The van der Waals surface area contributed by atoms with Crippen LogP contribution in [0.4, 0.5) is 5.00 Å². The Morgan fingerprint density at radius 3 is 2.58 bits per heavy atom. The highest BCUT2D eigenvalue weighted by molar-refractivity contribution is 7.14. The van der Waals surface area contributed by atoms with Gasteiger partial charge >= 0.3 is 0 Å². The fraction of sp³-hybridized carbons (Fsp3) is 0.167. The number of hydrogen-bond donors (Lipinski definition) is 2. The number of ether oxygens (including phenoxy) is 2. The van der Waals surface area contributed by atoms with E-state index < -0.39 is 0 Å². The maximum absolute atomic E-state index is 5.85. The van der Waals surface area contributed by atoms with Crippen LogP contribution >= 0.6 is 11.3 Å². The SMILES string of the molecule is COc1cc2nc(-c3ncsc3N)[nH]c2cc1OC. The molecule has 3 rings (SSSR count). The monoisotopic (exact) mass is 276 g/mol. The topological polar surface area (TPSA) is 86.0 Å². The van der Waals surface area contributed by atoms with Crippen LogP contribution in [-0.2, 0) is 0 Å². The van der Waals surface area contributed by atoms with Gasteiger partial charge in [-0.15, -0.1) is 11.3 Å². The van der Waals surface area contributed by atoms with E-state index in [1.807, 2.05) is 12.1 Å². The molecule has 0 saturated heterocycles. The molecular formula is C12H12N4O2S. The molecule has 3 aromatic rings. The number of hydrogen-bond acceptors (Lipinski definition) is 6. The summed E-state index contributed by atoms with van der Waals surface area (Å²) in [6.45, 7) is 0. The van der Waals surface area contributed by atoms with Crippen molar-refractivity contribution in [3.8, 4) is 23.0 Å². The Morgan fingerprint density at radius 1 is 1.21 bits per heavy atom. The fourth-order valence-corrected chi connectivity index (χ4v) is 2.41. The van der Waals surface area contributed by atoms with E-state index in [0.717, 1.165) is 11.0 Å². The summed E-state index contributed by atoms with van der Waals surface area (Å²) in [5, 5.41) is 0.637. The Hall–Kier alpha value is -2.28.